The van der Waals surface area contributed by atoms with Crippen molar-refractivity contribution in [3.8, 4) is 5.75 Å². The molecular formula is C26H31NO4. The fourth-order valence-corrected chi connectivity index (χ4v) is 4.02. The van der Waals surface area contributed by atoms with E-state index < -0.39 is 5.97 Å². The van der Waals surface area contributed by atoms with Crippen LogP contribution in [-0.2, 0) is 14.3 Å². The lowest BCUT2D eigenvalue weighted by Crippen LogP contribution is -2.45. The molecule has 3 rings (SSSR count). The van der Waals surface area contributed by atoms with Gasteiger partial charge in [0.25, 0.3) is 5.91 Å². The molecule has 31 heavy (non-hydrogen) atoms. The molecule has 3 atom stereocenters. The molecule has 0 bridgehead atoms. The van der Waals surface area contributed by atoms with Gasteiger partial charge < -0.3 is 14.8 Å². The number of carbonyl (C=O) groups excluding carboxylic acids is 2. The maximum atomic E-state index is 12.9. The third-order valence-electron chi connectivity index (χ3n) is 6.10. The summed E-state index contributed by atoms with van der Waals surface area (Å²) < 4.78 is 10.7. The number of nitrogens with one attached hydrogen (secondary N) is 1. The number of esters is 1. The molecule has 2 aromatic carbocycles. The van der Waals surface area contributed by atoms with Crippen molar-refractivity contribution < 1.29 is 19.1 Å². The maximum absolute atomic E-state index is 12.9. The lowest BCUT2D eigenvalue weighted by molar-refractivity contribution is -0.143. The zero-order valence-corrected chi connectivity index (χ0v) is 18.5. The number of carbonyl (C=O) groups is 2. The van der Waals surface area contributed by atoms with Gasteiger partial charge in [-0.1, -0.05) is 69.2 Å². The molecule has 1 saturated carbocycles. The van der Waals surface area contributed by atoms with Crippen LogP contribution in [0.5, 0.6) is 5.75 Å². The summed E-state index contributed by atoms with van der Waals surface area (Å²) in [4.78, 5) is 25.4. The molecule has 1 aliphatic carbocycles. The van der Waals surface area contributed by atoms with E-state index in [0.29, 0.717) is 23.2 Å². The van der Waals surface area contributed by atoms with Gasteiger partial charge in [0, 0.05) is 6.04 Å². The van der Waals surface area contributed by atoms with Crippen LogP contribution >= 0.6 is 0 Å². The van der Waals surface area contributed by atoms with E-state index in [0.717, 1.165) is 24.0 Å². The summed E-state index contributed by atoms with van der Waals surface area (Å²) in [6.45, 7) is 4.10. The monoisotopic (exact) mass is 421 g/mol. The number of methoxy groups -OCH3 is 1. The van der Waals surface area contributed by atoms with Crippen molar-refractivity contribution in [3.05, 3.63) is 65.7 Å². The minimum atomic E-state index is -0.533. The Bertz CT molecular complexity index is 922. The zero-order valence-electron chi connectivity index (χ0n) is 18.5. The lowest BCUT2D eigenvalue weighted by atomic mass is 9.78. The van der Waals surface area contributed by atoms with Gasteiger partial charge in [0.05, 0.1) is 12.7 Å². The third kappa shape index (κ3) is 6.20. The van der Waals surface area contributed by atoms with Crippen molar-refractivity contribution in [1.29, 1.82) is 0 Å². The minimum Gasteiger partial charge on any atom is -0.497 e. The Morgan fingerprint density at radius 3 is 2.58 bits per heavy atom. The number of rotatable bonds is 7. The quantitative estimate of drug-likeness (QED) is 0.399. The summed E-state index contributed by atoms with van der Waals surface area (Å²) in [5.41, 5.74) is 1.93. The summed E-state index contributed by atoms with van der Waals surface area (Å²) in [5.74, 6) is 0.908. The molecule has 1 amide bonds. The number of benzene rings is 2. The molecular weight excluding hydrogens is 390 g/mol. The highest BCUT2D eigenvalue weighted by atomic mass is 16.5. The molecule has 164 valence electrons. The van der Waals surface area contributed by atoms with Crippen LogP contribution in [0.1, 0.15) is 44.2 Å². The number of hydrogen-bond donors (Lipinski definition) is 1. The molecule has 1 aliphatic rings. The first-order valence-corrected chi connectivity index (χ1v) is 10.9. The Morgan fingerprint density at radius 1 is 1.06 bits per heavy atom. The zero-order chi connectivity index (χ0) is 22.2. The van der Waals surface area contributed by atoms with E-state index in [1.54, 1.807) is 13.2 Å². The molecule has 2 aromatic rings. The van der Waals surface area contributed by atoms with Crippen LogP contribution < -0.4 is 10.1 Å². The number of amides is 1. The summed E-state index contributed by atoms with van der Waals surface area (Å²) in [6, 6.07) is 16.9. The molecule has 0 aliphatic heterocycles. The van der Waals surface area contributed by atoms with Crippen LogP contribution in [0.4, 0.5) is 0 Å². The summed E-state index contributed by atoms with van der Waals surface area (Å²) in [6.07, 6.45) is 5.02. The molecule has 0 unspecified atom stereocenters. The highest BCUT2D eigenvalue weighted by Crippen LogP contribution is 2.29. The van der Waals surface area contributed by atoms with Crippen molar-refractivity contribution in [2.75, 3.05) is 13.7 Å². The van der Waals surface area contributed by atoms with Crippen molar-refractivity contribution in [2.45, 2.75) is 39.2 Å². The topological polar surface area (TPSA) is 64.6 Å². The normalized spacial score (nSPS) is 21.3. The third-order valence-corrected chi connectivity index (χ3v) is 6.10. The van der Waals surface area contributed by atoms with E-state index in [9.17, 15) is 9.59 Å². The molecule has 0 radical (unpaired) electrons. The SMILES string of the molecule is COc1cccc(/C=C(/C(=O)OCC(=O)N[C@H]2CCC[C@@H](C)[C@@H]2C)c2ccccc2)c1. The van der Waals surface area contributed by atoms with Gasteiger partial charge in [-0.2, -0.15) is 0 Å². The van der Waals surface area contributed by atoms with Gasteiger partial charge in [-0.25, -0.2) is 4.79 Å². The molecule has 0 aromatic heterocycles. The van der Waals surface area contributed by atoms with Crippen molar-refractivity contribution in [1.82, 2.24) is 5.32 Å². The Labute approximate surface area is 184 Å². The highest BCUT2D eigenvalue weighted by Gasteiger charge is 2.28. The van der Waals surface area contributed by atoms with Crippen molar-refractivity contribution in [3.63, 3.8) is 0 Å². The summed E-state index contributed by atoms with van der Waals surface area (Å²) in [7, 11) is 1.60. The van der Waals surface area contributed by atoms with E-state index in [4.69, 9.17) is 9.47 Å². The Kier molecular flexibility index (Phi) is 7.88. The second-order valence-corrected chi connectivity index (χ2v) is 8.22. The highest BCUT2D eigenvalue weighted by molar-refractivity contribution is 6.21. The van der Waals surface area contributed by atoms with Crippen LogP contribution in [0.3, 0.4) is 0 Å². The average Bonchev–Trinajstić information content (AvgIpc) is 2.79. The first kappa shape index (κ1) is 22.6. The first-order chi connectivity index (χ1) is 15.0. The predicted octanol–water partition coefficient (Wildman–Crippen LogP) is 4.72. The lowest BCUT2D eigenvalue weighted by Gasteiger charge is -2.34. The Balaban J connectivity index is 1.70. The van der Waals surface area contributed by atoms with Crippen LogP contribution in [0, 0.1) is 11.8 Å². The van der Waals surface area contributed by atoms with Crippen LogP contribution in [0.25, 0.3) is 11.6 Å². The Hall–Kier alpha value is -3.08. The molecule has 0 spiro atoms. The van der Waals surface area contributed by atoms with Gasteiger partial charge in [-0.05, 0) is 47.6 Å². The second kappa shape index (κ2) is 10.8. The summed E-state index contributed by atoms with van der Waals surface area (Å²) >= 11 is 0. The van der Waals surface area contributed by atoms with Gasteiger partial charge in [-0.3, -0.25) is 4.79 Å². The number of hydrogen-bond acceptors (Lipinski definition) is 4. The van der Waals surface area contributed by atoms with E-state index in [1.165, 1.54) is 6.42 Å². The molecule has 5 nitrogen and oxygen atoms in total. The van der Waals surface area contributed by atoms with Crippen molar-refractivity contribution in [2.24, 2.45) is 11.8 Å². The van der Waals surface area contributed by atoms with Gasteiger partial charge in [0.1, 0.15) is 5.75 Å². The molecule has 1 N–H and O–H groups in total. The average molecular weight is 422 g/mol. The molecule has 1 fully saturated rings. The fraction of sp³-hybridized carbons (Fsp3) is 0.385. The largest absolute Gasteiger partial charge is 0.497 e. The molecule has 5 heteroatoms. The van der Waals surface area contributed by atoms with E-state index in [1.807, 2.05) is 54.6 Å². The molecule has 0 saturated heterocycles. The fourth-order valence-electron chi connectivity index (χ4n) is 4.02. The minimum absolute atomic E-state index is 0.135. The number of ether oxygens (including phenoxy) is 2. The van der Waals surface area contributed by atoms with Crippen LogP contribution in [0.2, 0.25) is 0 Å². The predicted molar refractivity (Wildman–Crippen MR) is 122 cm³/mol. The maximum Gasteiger partial charge on any atom is 0.339 e. The van der Waals surface area contributed by atoms with Crippen LogP contribution in [-0.4, -0.2) is 31.6 Å². The van der Waals surface area contributed by atoms with Gasteiger partial charge in [0.2, 0.25) is 0 Å². The van der Waals surface area contributed by atoms with Gasteiger partial charge >= 0.3 is 5.97 Å². The standard InChI is InChI=1S/C26H31NO4/c1-18-9-7-14-24(19(18)2)27-25(28)17-31-26(29)23(21-11-5-4-6-12-21)16-20-10-8-13-22(15-20)30-3/h4-6,8,10-13,15-16,18-19,24H,7,9,14,17H2,1-3H3,(H,27,28)/b23-16+/t18-,19+,24+/m1/s1. The second-order valence-electron chi connectivity index (χ2n) is 8.22. The Morgan fingerprint density at radius 2 is 1.84 bits per heavy atom. The van der Waals surface area contributed by atoms with Crippen LogP contribution in [0.15, 0.2) is 54.6 Å². The molecule has 0 heterocycles. The first-order valence-electron chi connectivity index (χ1n) is 10.9. The summed E-state index contributed by atoms with van der Waals surface area (Å²) in [5, 5.41) is 3.05. The van der Waals surface area contributed by atoms with E-state index >= 15 is 0 Å². The van der Waals surface area contributed by atoms with E-state index in [-0.39, 0.29) is 18.6 Å². The van der Waals surface area contributed by atoms with E-state index in [2.05, 4.69) is 19.2 Å². The van der Waals surface area contributed by atoms with Gasteiger partial charge in [0.15, 0.2) is 6.61 Å². The van der Waals surface area contributed by atoms with Gasteiger partial charge in [-0.15, -0.1) is 0 Å². The van der Waals surface area contributed by atoms with Crippen molar-refractivity contribution >= 4 is 23.5 Å². The smallest absolute Gasteiger partial charge is 0.339 e.